The number of allylic oxidation sites excluding steroid dienone is 3. The van der Waals surface area contributed by atoms with Crippen LogP contribution in [0.1, 0.15) is 41.7 Å². The highest BCUT2D eigenvalue weighted by atomic mass is 14.3. The van der Waals surface area contributed by atoms with Crippen LogP contribution in [0.4, 0.5) is 0 Å². The summed E-state index contributed by atoms with van der Waals surface area (Å²) in [6, 6.07) is 15.1. The smallest absolute Gasteiger partial charge is 0.0105 e. The van der Waals surface area contributed by atoms with E-state index in [4.69, 9.17) is 0 Å². The fourth-order valence-electron chi connectivity index (χ4n) is 3.05. The van der Waals surface area contributed by atoms with E-state index in [1.54, 1.807) is 0 Å². The Hall–Kier alpha value is -2.08. The van der Waals surface area contributed by atoms with Crippen molar-refractivity contribution in [1.82, 2.24) is 0 Å². The molecule has 1 aliphatic carbocycles. The van der Waals surface area contributed by atoms with Crippen LogP contribution in [0.15, 0.2) is 48.5 Å². The molecule has 21 heavy (non-hydrogen) atoms. The van der Waals surface area contributed by atoms with Crippen molar-refractivity contribution in [3.05, 3.63) is 76.4 Å². The molecule has 0 nitrogen and oxygen atoms in total. The van der Waals surface area contributed by atoms with Crippen molar-refractivity contribution in [2.45, 2.75) is 27.7 Å². The van der Waals surface area contributed by atoms with Crippen LogP contribution in [0.25, 0.3) is 17.2 Å². The molecule has 0 N–H and O–H groups in total. The van der Waals surface area contributed by atoms with Gasteiger partial charge in [0.2, 0.25) is 0 Å². The lowest BCUT2D eigenvalue weighted by Crippen LogP contribution is -1.97. The molecular weight excluding hydrogens is 252 g/mol. The average Bonchev–Trinajstić information content (AvgIpc) is 2.84. The Morgan fingerprint density at radius 1 is 0.905 bits per heavy atom. The first-order chi connectivity index (χ1) is 10.1. The van der Waals surface area contributed by atoms with Gasteiger partial charge < -0.3 is 0 Å². The van der Waals surface area contributed by atoms with E-state index in [0.29, 0.717) is 5.92 Å². The summed E-state index contributed by atoms with van der Waals surface area (Å²) in [4.78, 5) is 0. The topological polar surface area (TPSA) is 0 Å². The van der Waals surface area contributed by atoms with Gasteiger partial charge in [-0.2, -0.15) is 0 Å². The minimum atomic E-state index is 0.547. The standard InChI is InChI=1S/C21H22/c1-14(2)20-13-18(12-17-8-6-5-7-9-17)19-11-10-15(3)16(4)21(19)20/h5-14H,1-4H3/b18-12-. The molecular formula is C21H22. The van der Waals surface area contributed by atoms with E-state index < -0.39 is 0 Å². The zero-order valence-electron chi connectivity index (χ0n) is 13.3. The number of hydrogen-bond acceptors (Lipinski definition) is 0. The van der Waals surface area contributed by atoms with Gasteiger partial charge in [-0.15, -0.1) is 0 Å². The molecule has 106 valence electrons. The van der Waals surface area contributed by atoms with E-state index in [1.165, 1.54) is 39.0 Å². The van der Waals surface area contributed by atoms with E-state index in [0.717, 1.165) is 0 Å². The Balaban J connectivity index is 2.19. The largest absolute Gasteiger partial charge is 0.0622 e. The lowest BCUT2D eigenvalue weighted by atomic mass is 9.90. The summed E-state index contributed by atoms with van der Waals surface area (Å²) >= 11 is 0. The number of aryl methyl sites for hydroxylation is 1. The van der Waals surface area contributed by atoms with Crippen LogP contribution in [0.5, 0.6) is 0 Å². The summed E-state index contributed by atoms with van der Waals surface area (Å²) in [5.74, 6) is 0.547. The minimum absolute atomic E-state index is 0.547. The van der Waals surface area contributed by atoms with Crippen molar-refractivity contribution in [3.63, 3.8) is 0 Å². The van der Waals surface area contributed by atoms with Gasteiger partial charge in [0.1, 0.15) is 0 Å². The second kappa shape index (κ2) is 5.37. The Morgan fingerprint density at radius 2 is 1.62 bits per heavy atom. The van der Waals surface area contributed by atoms with Gasteiger partial charge >= 0.3 is 0 Å². The maximum Gasteiger partial charge on any atom is -0.0105 e. The molecule has 0 heterocycles. The van der Waals surface area contributed by atoms with Crippen LogP contribution in [0.3, 0.4) is 0 Å². The Bertz CT molecular complexity index is 728. The van der Waals surface area contributed by atoms with E-state index in [-0.39, 0.29) is 0 Å². The van der Waals surface area contributed by atoms with Crippen LogP contribution in [0, 0.1) is 19.8 Å². The van der Waals surface area contributed by atoms with E-state index >= 15 is 0 Å². The first-order valence-corrected chi connectivity index (χ1v) is 7.67. The highest BCUT2D eigenvalue weighted by molar-refractivity contribution is 6.02. The summed E-state index contributed by atoms with van der Waals surface area (Å²) in [6.07, 6.45) is 4.66. The number of fused-ring (bicyclic) bond motifs is 1. The summed E-state index contributed by atoms with van der Waals surface area (Å²) in [6.45, 7) is 9.01. The summed E-state index contributed by atoms with van der Waals surface area (Å²) < 4.78 is 0. The van der Waals surface area contributed by atoms with Gasteiger partial charge in [0.05, 0.1) is 0 Å². The normalized spacial score (nSPS) is 15.5. The molecule has 2 aromatic carbocycles. The molecule has 0 aliphatic heterocycles. The fraction of sp³-hybridized carbons (Fsp3) is 0.238. The van der Waals surface area contributed by atoms with Gasteiger partial charge in [0.25, 0.3) is 0 Å². The third kappa shape index (κ3) is 2.47. The highest BCUT2D eigenvalue weighted by Gasteiger charge is 2.22. The molecule has 1 aliphatic rings. The second-order valence-electron chi connectivity index (χ2n) is 6.19. The summed E-state index contributed by atoms with van der Waals surface area (Å²) in [5.41, 5.74) is 9.69. The van der Waals surface area contributed by atoms with Crippen molar-refractivity contribution in [2.24, 2.45) is 5.92 Å². The van der Waals surface area contributed by atoms with Crippen molar-refractivity contribution < 1.29 is 0 Å². The fourth-order valence-corrected chi connectivity index (χ4v) is 3.05. The van der Waals surface area contributed by atoms with Crippen molar-refractivity contribution in [3.8, 4) is 0 Å². The zero-order valence-corrected chi connectivity index (χ0v) is 13.3. The van der Waals surface area contributed by atoms with Crippen molar-refractivity contribution >= 4 is 17.2 Å². The SMILES string of the molecule is Cc1ccc2c(c1C)C(C(C)C)=C/C2=C/c1ccccc1. The van der Waals surface area contributed by atoms with Gasteiger partial charge in [-0.25, -0.2) is 0 Å². The van der Waals surface area contributed by atoms with Crippen LogP contribution in [0.2, 0.25) is 0 Å². The Labute approximate surface area is 127 Å². The maximum absolute atomic E-state index is 2.37. The third-order valence-corrected chi connectivity index (χ3v) is 4.39. The first-order valence-electron chi connectivity index (χ1n) is 7.67. The zero-order chi connectivity index (χ0) is 15.0. The van der Waals surface area contributed by atoms with Crippen LogP contribution >= 0.6 is 0 Å². The number of benzene rings is 2. The summed E-state index contributed by atoms with van der Waals surface area (Å²) in [7, 11) is 0. The van der Waals surface area contributed by atoms with Gasteiger partial charge in [-0.1, -0.05) is 62.4 Å². The highest BCUT2D eigenvalue weighted by Crippen LogP contribution is 2.42. The van der Waals surface area contributed by atoms with Gasteiger partial charge in [-0.05, 0) is 64.8 Å². The molecule has 0 heteroatoms. The molecule has 3 rings (SSSR count). The van der Waals surface area contributed by atoms with Crippen LogP contribution in [-0.4, -0.2) is 0 Å². The molecule has 0 saturated heterocycles. The molecule has 0 bridgehead atoms. The lowest BCUT2D eigenvalue weighted by Gasteiger charge is -2.14. The van der Waals surface area contributed by atoms with Crippen LogP contribution < -0.4 is 0 Å². The van der Waals surface area contributed by atoms with Crippen molar-refractivity contribution in [2.75, 3.05) is 0 Å². The maximum atomic E-state index is 2.37. The molecule has 0 fully saturated rings. The Kier molecular flexibility index (Phi) is 3.55. The quantitative estimate of drug-likeness (QED) is 0.640. The number of hydrogen-bond donors (Lipinski definition) is 0. The average molecular weight is 274 g/mol. The van der Waals surface area contributed by atoms with Gasteiger partial charge in [0, 0.05) is 0 Å². The minimum Gasteiger partial charge on any atom is -0.0622 e. The molecule has 0 saturated carbocycles. The predicted molar refractivity (Wildman–Crippen MR) is 93.0 cm³/mol. The predicted octanol–water partition coefficient (Wildman–Crippen LogP) is 5.90. The van der Waals surface area contributed by atoms with Gasteiger partial charge in [0.15, 0.2) is 0 Å². The molecule has 0 aromatic heterocycles. The molecule has 0 atom stereocenters. The second-order valence-corrected chi connectivity index (χ2v) is 6.19. The molecule has 0 unspecified atom stereocenters. The van der Waals surface area contributed by atoms with E-state index in [9.17, 15) is 0 Å². The first kappa shape index (κ1) is 13.9. The number of rotatable bonds is 2. The third-order valence-electron chi connectivity index (χ3n) is 4.39. The van der Waals surface area contributed by atoms with Gasteiger partial charge in [-0.3, -0.25) is 0 Å². The molecule has 0 spiro atoms. The van der Waals surface area contributed by atoms with E-state index in [1.807, 2.05) is 0 Å². The molecule has 0 radical (unpaired) electrons. The van der Waals surface area contributed by atoms with Crippen LogP contribution in [-0.2, 0) is 0 Å². The molecule has 2 aromatic rings. The summed E-state index contributed by atoms with van der Waals surface area (Å²) in [5, 5.41) is 0. The lowest BCUT2D eigenvalue weighted by molar-refractivity contribution is 0.856. The van der Waals surface area contributed by atoms with E-state index in [2.05, 4.69) is 82.3 Å². The molecule has 0 amide bonds. The van der Waals surface area contributed by atoms with Crippen molar-refractivity contribution in [1.29, 1.82) is 0 Å². The Morgan fingerprint density at radius 3 is 2.29 bits per heavy atom. The monoisotopic (exact) mass is 274 g/mol.